The molecule has 0 spiro atoms. The zero-order valence-electron chi connectivity index (χ0n) is 14.3. The summed E-state index contributed by atoms with van der Waals surface area (Å²) in [6, 6.07) is 7.76. The summed E-state index contributed by atoms with van der Waals surface area (Å²) in [4.78, 5) is 13.7. The van der Waals surface area contributed by atoms with Crippen LogP contribution in [0, 0.1) is 6.92 Å². The lowest BCUT2D eigenvalue weighted by Gasteiger charge is -2.14. The zero-order chi connectivity index (χ0) is 17.6. The minimum atomic E-state index is -0.803. The quantitative estimate of drug-likeness (QED) is 0.752. The molecule has 134 valence electrons. The Morgan fingerprint density at radius 3 is 3.12 bits per heavy atom. The average Bonchev–Trinajstić information content (AvgIpc) is 3.20. The van der Waals surface area contributed by atoms with Gasteiger partial charge in [-0.1, -0.05) is 12.1 Å². The fourth-order valence-corrected chi connectivity index (χ4v) is 2.94. The molecule has 3 rings (SSSR count). The van der Waals surface area contributed by atoms with Crippen molar-refractivity contribution in [2.24, 2.45) is 0 Å². The molecule has 25 heavy (non-hydrogen) atoms. The van der Waals surface area contributed by atoms with E-state index in [1.165, 1.54) is 0 Å². The molecule has 2 aromatic rings. The third-order valence-corrected chi connectivity index (χ3v) is 4.25. The van der Waals surface area contributed by atoms with E-state index < -0.39 is 6.17 Å². The Bertz CT molecular complexity index is 719. The number of benzene rings is 1. The van der Waals surface area contributed by atoms with E-state index in [1.807, 2.05) is 36.1 Å². The van der Waals surface area contributed by atoms with E-state index in [1.54, 1.807) is 6.20 Å². The van der Waals surface area contributed by atoms with Gasteiger partial charge in [0.2, 0.25) is 5.91 Å². The summed E-state index contributed by atoms with van der Waals surface area (Å²) in [6.07, 6.45) is 1.50. The van der Waals surface area contributed by atoms with E-state index in [4.69, 9.17) is 4.74 Å². The number of carbonyl (C=O) groups is 1. The molecule has 0 unspecified atom stereocenters. The molecular formula is C18H23FN4O2. The van der Waals surface area contributed by atoms with Gasteiger partial charge in [-0.25, -0.2) is 4.39 Å². The van der Waals surface area contributed by atoms with Gasteiger partial charge in [0.25, 0.3) is 0 Å². The second-order valence-corrected chi connectivity index (χ2v) is 6.26. The van der Waals surface area contributed by atoms with Crippen LogP contribution in [0.1, 0.15) is 12.1 Å². The highest BCUT2D eigenvalue weighted by atomic mass is 19.1. The summed E-state index contributed by atoms with van der Waals surface area (Å²) < 4.78 is 18.8. The second kappa shape index (κ2) is 8.11. The number of alkyl halides is 1. The van der Waals surface area contributed by atoms with Gasteiger partial charge in [-0.15, -0.1) is 0 Å². The number of aromatic amines is 1. The summed E-state index contributed by atoms with van der Waals surface area (Å²) in [6.45, 7) is 4.01. The average molecular weight is 346 g/mol. The van der Waals surface area contributed by atoms with Gasteiger partial charge in [0.05, 0.1) is 19.3 Å². The summed E-state index contributed by atoms with van der Waals surface area (Å²) >= 11 is 0. The molecule has 1 saturated heterocycles. The highest BCUT2D eigenvalue weighted by Crippen LogP contribution is 2.25. The van der Waals surface area contributed by atoms with Gasteiger partial charge in [-0.2, -0.15) is 5.10 Å². The summed E-state index contributed by atoms with van der Waals surface area (Å²) in [7, 11) is 0. The molecule has 1 fully saturated rings. The summed E-state index contributed by atoms with van der Waals surface area (Å²) in [5, 5.41) is 9.75. The van der Waals surface area contributed by atoms with Crippen LogP contribution in [0.2, 0.25) is 0 Å². The number of rotatable bonds is 7. The van der Waals surface area contributed by atoms with Crippen LogP contribution >= 0.6 is 0 Å². The van der Waals surface area contributed by atoms with Gasteiger partial charge < -0.3 is 10.1 Å². The van der Waals surface area contributed by atoms with Crippen molar-refractivity contribution in [3.63, 3.8) is 0 Å². The first kappa shape index (κ1) is 17.4. The Morgan fingerprint density at radius 1 is 1.52 bits per heavy atom. The smallest absolute Gasteiger partial charge is 0.234 e. The van der Waals surface area contributed by atoms with Gasteiger partial charge in [-0.05, 0) is 31.0 Å². The van der Waals surface area contributed by atoms with E-state index in [0.29, 0.717) is 32.7 Å². The van der Waals surface area contributed by atoms with Crippen LogP contribution in [0.15, 0.2) is 30.5 Å². The number of hydrogen-bond donors (Lipinski definition) is 2. The van der Waals surface area contributed by atoms with Crippen LogP contribution in [0.4, 0.5) is 4.39 Å². The molecule has 2 N–H and O–H groups in total. The fourth-order valence-electron chi connectivity index (χ4n) is 2.94. The van der Waals surface area contributed by atoms with Crippen LogP contribution in [0.5, 0.6) is 5.75 Å². The standard InChI is InChI=1S/C18H23FN4O2/c1-13-17(10-21-22-13)14-3-2-4-16(9-14)25-8-6-20-18(24)12-23-7-5-15(19)11-23/h2-4,9-10,15H,5-8,11-12H2,1H3,(H,20,24)(H,21,22)/t15-/m1/s1. The van der Waals surface area contributed by atoms with Crippen molar-refractivity contribution < 1.29 is 13.9 Å². The number of aryl methyl sites for hydroxylation is 1. The van der Waals surface area contributed by atoms with E-state index in [9.17, 15) is 9.18 Å². The molecule has 1 aliphatic rings. The molecular weight excluding hydrogens is 323 g/mol. The number of ether oxygens (including phenoxy) is 1. The van der Waals surface area contributed by atoms with Gasteiger partial charge in [0, 0.05) is 24.3 Å². The first-order valence-electron chi connectivity index (χ1n) is 8.48. The number of aromatic nitrogens is 2. The number of hydrogen-bond acceptors (Lipinski definition) is 4. The van der Waals surface area contributed by atoms with Crippen molar-refractivity contribution in [2.75, 3.05) is 32.8 Å². The molecule has 6 nitrogen and oxygen atoms in total. The molecule has 0 saturated carbocycles. The molecule has 1 atom stereocenters. The third kappa shape index (κ3) is 4.79. The SMILES string of the molecule is Cc1[nH]ncc1-c1cccc(OCCNC(=O)CN2CC[C@@H](F)C2)c1. The molecule has 1 aromatic heterocycles. The number of H-pyrrole nitrogens is 1. The van der Waals surface area contributed by atoms with Crippen molar-refractivity contribution in [2.45, 2.75) is 19.5 Å². The second-order valence-electron chi connectivity index (χ2n) is 6.26. The molecule has 0 aliphatic carbocycles. The highest BCUT2D eigenvalue weighted by Gasteiger charge is 2.23. The van der Waals surface area contributed by atoms with Crippen LogP contribution in [-0.4, -0.2) is 60.0 Å². The van der Waals surface area contributed by atoms with Crippen LogP contribution in [0.3, 0.4) is 0 Å². The normalized spacial score (nSPS) is 17.6. The maximum Gasteiger partial charge on any atom is 0.234 e. The number of nitrogens with one attached hydrogen (secondary N) is 2. The lowest BCUT2D eigenvalue weighted by molar-refractivity contribution is -0.122. The van der Waals surface area contributed by atoms with E-state index in [0.717, 1.165) is 22.6 Å². The molecule has 7 heteroatoms. The van der Waals surface area contributed by atoms with Crippen molar-refractivity contribution in [3.05, 3.63) is 36.2 Å². The number of halogens is 1. The van der Waals surface area contributed by atoms with E-state index >= 15 is 0 Å². The Kier molecular flexibility index (Phi) is 5.65. The van der Waals surface area contributed by atoms with Crippen molar-refractivity contribution in [1.82, 2.24) is 20.4 Å². The van der Waals surface area contributed by atoms with Crippen molar-refractivity contribution >= 4 is 5.91 Å². The van der Waals surface area contributed by atoms with E-state index in [-0.39, 0.29) is 12.5 Å². The van der Waals surface area contributed by atoms with Crippen molar-refractivity contribution in [3.8, 4) is 16.9 Å². The lowest BCUT2D eigenvalue weighted by Crippen LogP contribution is -2.37. The molecule has 0 bridgehead atoms. The molecule has 0 radical (unpaired) electrons. The first-order chi connectivity index (χ1) is 12.1. The lowest BCUT2D eigenvalue weighted by atomic mass is 10.1. The van der Waals surface area contributed by atoms with Gasteiger partial charge in [-0.3, -0.25) is 14.8 Å². The Morgan fingerprint density at radius 2 is 2.40 bits per heavy atom. The predicted octanol–water partition coefficient (Wildman–Crippen LogP) is 1.92. The Labute approximate surface area is 146 Å². The fraction of sp³-hybridized carbons (Fsp3) is 0.444. The van der Waals surface area contributed by atoms with Gasteiger partial charge in [0.15, 0.2) is 0 Å². The van der Waals surface area contributed by atoms with Crippen molar-refractivity contribution in [1.29, 1.82) is 0 Å². The Balaban J connectivity index is 1.42. The minimum Gasteiger partial charge on any atom is -0.492 e. The minimum absolute atomic E-state index is 0.0968. The van der Waals surface area contributed by atoms with Gasteiger partial charge in [0.1, 0.15) is 18.5 Å². The molecule has 2 heterocycles. The number of likely N-dealkylation sites (tertiary alicyclic amines) is 1. The maximum absolute atomic E-state index is 13.1. The third-order valence-electron chi connectivity index (χ3n) is 4.25. The zero-order valence-corrected chi connectivity index (χ0v) is 14.3. The largest absolute Gasteiger partial charge is 0.492 e. The van der Waals surface area contributed by atoms with E-state index in [2.05, 4.69) is 15.5 Å². The topological polar surface area (TPSA) is 70.2 Å². The number of amides is 1. The van der Waals surface area contributed by atoms with Gasteiger partial charge >= 0.3 is 0 Å². The monoisotopic (exact) mass is 346 g/mol. The predicted molar refractivity (Wildman–Crippen MR) is 93.2 cm³/mol. The summed E-state index contributed by atoms with van der Waals surface area (Å²) in [5.74, 6) is 0.646. The maximum atomic E-state index is 13.1. The Hall–Kier alpha value is -2.41. The molecule has 1 aromatic carbocycles. The first-order valence-corrected chi connectivity index (χ1v) is 8.48. The molecule has 1 aliphatic heterocycles. The molecule has 1 amide bonds. The van der Waals surface area contributed by atoms with Crippen LogP contribution in [-0.2, 0) is 4.79 Å². The number of carbonyl (C=O) groups excluding carboxylic acids is 1. The number of nitrogens with zero attached hydrogens (tertiary/aromatic N) is 2. The van der Waals surface area contributed by atoms with Crippen LogP contribution in [0.25, 0.3) is 11.1 Å². The summed E-state index contributed by atoms with van der Waals surface area (Å²) in [5.41, 5.74) is 3.07. The van der Waals surface area contributed by atoms with Crippen LogP contribution < -0.4 is 10.1 Å². The highest BCUT2D eigenvalue weighted by molar-refractivity contribution is 5.78.